The topological polar surface area (TPSA) is 41.6 Å². The first-order valence-electron chi connectivity index (χ1n) is 7.91. The third-order valence-corrected chi connectivity index (χ3v) is 5.13. The summed E-state index contributed by atoms with van der Waals surface area (Å²) in [4.78, 5) is 14.6. The lowest BCUT2D eigenvalue weighted by atomic mass is 9.88. The van der Waals surface area contributed by atoms with E-state index in [4.69, 9.17) is 4.74 Å². The van der Waals surface area contributed by atoms with Crippen LogP contribution in [0.15, 0.2) is 0 Å². The van der Waals surface area contributed by atoms with Crippen LogP contribution < -0.4 is 5.32 Å². The van der Waals surface area contributed by atoms with E-state index in [1.807, 2.05) is 0 Å². The number of nitrogens with one attached hydrogen (secondary N) is 1. The normalized spacial score (nSPS) is 34.6. The van der Waals surface area contributed by atoms with Gasteiger partial charge < -0.3 is 10.1 Å². The highest BCUT2D eigenvalue weighted by Gasteiger charge is 2.42. The number of nitrogens with zero attached hydrogens (tertiary/aromatic N) is 1. The van der Waals surface area contributed by atoms with E-state index in [9.17, 15) is 4.79 Å². The van der Waals surface area contributed by atoms with Crippen molar-refractivity contribution >= 4 is 5.91 Å². The first kappa shape index (κ1) is 13.4. The van der Waals surface area contributed by atoms with Crippen LogP contribution in [-0.4, -0.2) is 50.2 Å². The van der Waals surface area contributed by atoms with Gasteiger partial charge in [0.1, 0.15) is 0 Å². The third kappa shape index (κ3) is 3.29. The fraction of sp³-hybridized carbons (Fsp3) is 0.933. The Kier molecular flexibility index (Phi) is 4.38. The predicted molar refractivity (Wildman–Crippen MR) is 73.8 cm³/mol. The van der Waals surface area contributed by atoms with Gasteiger partial charge in [-0.3, -0.25) is 9.69 Å². The molecule has 1 N–H and O–H groups in total. The molecule has 3 aliphatic rings. The molecule has 1 amide bonds. The minimum absolute atomic E-state index is 0.328. The van der Waals surface area contributed by atoms with Crippen molar-refractivity contribution in [3.8, 4) is 0 Å². The van der Waals surface area contributed by atoms with Crippen LogP contribution in [0, 0.1) is 17.8 Å². The molecule has 1 heterocycles. The smallest absolute Gasteiger partial charge is 0.223 e. The largest absolute Gasteiger partial charge is 0.379 e. The highest BCUT2D eigenvalue weighted by Crippen LogP contribution is 2.48. The molecule has 2 aliphatic carbocycles. The van der Waals surface area contributed by atoms with E-state index in [2.05, 4.69) is 10.2 Å². The molecule has 0 aromatic heterocycles. The van der Waals surface area contributed by atoms with E-state index in [0.717, 1.165) is 58.2 Å². The van der Waals surface area contributed by atoms with E-state index >= 15 is 0 Å². The second-order valence-electron chi connectivity index (χ2n) is 6.38. The Morgan fingerprint density at radius 1 is 1.21 bits per heavy atom. The van der Waals surface area contributed by atoms with Crippen LogP contribution in [0.2, 0.25) is 0 Å². The molecule has 19 heavy (non-hydrogen) atoms. The summed E-state index contributed by atoms with van der Waals surface area (Å²) < 4.78 is 5.33. The van der Waals surface area contributed by atoms with Gasteiger partial charge in [0.25, 0.3) is 0 Å². The number of rotatable bonds is 5. The number of hydrogen-bond donors (Lipinski definition) is 1. The monoisotopic (exact) mass is 266 g/mol. The third-order valence-electron chi connectivity index (χ3n) is 5.13. The van der Waals surface area contributed by atoms with Gasteiger partial charge in [0.2, 0.25) is 5.91 Å². The lowest BCUT2D eigenvalue weighted by molar-refractivity contribution is -0.126. The minimum Gasteiger partial charge on any atom is -0.379 e. The molecule has 0 radical (unpaired) electrons. The molecule has 1 aliphatic heterocycles. The second-order valence-corrected chi connectivity index (χ2v) is 6.38. The Hall–Kier alpha value is -0.610. The van der Waals surface area contributed by atoms with Crippen molar-refractivity contribution in [1.29, 1.82) is 0 Å². The molecule has 2 saturated carbocycles. The molecular formula is C15H26N2O2. The summed E-state index contributed by atoms with van der Waals surface area (Å²) in [6.07, 6.45) is 6.18. The molecule has 0 spiro atoms. The second kappa shape index (κ2) is 6.23. The van der Waals surface area contributed by atoms with Crippen LogP contribution in [0.5, 0.6) is 0 Å². The lowest BCUT2D eigenvalue weighted by Gasteiger charge is -2.26. The van der Waals surface area contributed by atoms with Gasteiger partial charge in [-0.05, 0) is 44.1 Å². The number of fused-ring (bicyclic) bond motifs is 2. The van der Waals surface area contributed by atoms with Crippen LogP contribution in [0.4, 0.5) is 0 Å². The van der Waals surface area contributed by atoms with Crippen molar-refractivity contribution in [1.82, 2.24) is 10.2 Å². The summed E-state index contributed by atoms with van der Waals surface area (Å²) >= 11 is 0. The maximum absolute atomic E-state index is 12.1. The average Bonchev–Trinajstić information content (AvgIpc) is 3.07. The zero-order valence-corrected chi connectivity index (χ0v) is 11.8. The van der Waals surface area contributed by atoms with E-state index in [0.29, 0.717) is 17.7 Å². The Balaban J connectivity index is 1.30. The molecule has 4 nitrogen and oxygen atoms in total. The standard InChI is InChI=1S/C15H26N2O2/c18-15(14-11-12-2-3-13(14)10-12)16-4-1-5-17-6-8-19-9-7-17/h12-14H,1-11H2,(H,16,18)/t12-,13-,14-/m1/s1. The van der Waals surface area contributed by atoms with Gasteiger partial charge >= 0.3 is 0 Å². The number of carbonyl (C=O) groups is 1. The lowest BCUT2D eigenvalue weighted by Crippen LogP contribution is -2.39. The number of amides is 1. The molecule has 1 saturated heterocycles. The van der Waals surface area contributed by atoms with Crippen molar-refractivity contribution in [2.75, 3.05) is 39.4 Å². The van der Waals surface area contributed by atoms with Gasteiger partial charge in [0.05, 0.1) is 13.2 Å². The fourth-order valence-electron chi connectivity index (χ4n) is 4.04. The summed E-state index contributed by atoms with van der Waals surface area (Å²) in [6.45, 7) is 5.72. The first-order valence-corrected chi connectivity index (χ1v) is 7.91. The Morgan fingerprint density at radius 2 is 2.05 bits per heavy atom. The van der Waals surface area contributed by atoms with Gasteiger partial charge in [-0.15, -0.1) is 0 Å². The van der Waals surface area contributed by atoms with Gasteiger partial charge in [-0.1, -0.05) is 6.42 Å². The van der Waals surface area contributed by atoms with Gasteiger partial charge in [0.15, 0.2) is 0 Å². The maximum atomic E-state index is 12.1. The number of morpholine rings is 1. The van der Waals surface area contributed by atoms with Gasteiger partial charge in [0, 0.05) is 25.6 Å². The summed E-state index contributed by atoms with van der Waals surface area (Å²) in [5.41, 5.74) is 0. The zero-order chi connectivity index (χ0) is 13.1. The molecule has 0 aromatic carbocycles. The molecular weight excluding hydrogens is 240 g/mol. The first-order chi connectivity index (χ1) is 9.33. The Bertz CT molecular complexity index is 315. The van der Waals surface area contributed by atoms with Crippen molar-refractivity contribution in [3.63, 3.8) is 0 Å². The van der Waals surface area contributed by atoms with Gasteiger partial charge in [-0.2, -0.15) is 0 Å². The van der Waals surface area contributed by atoms with Crippen LogP contribution in [0.1, 0.15) is 32.1 Å². The molecule has 2 bridgehead atoms. The van der Waals surface area contributed by atoms with Crippen molar-refractivity contribution < 1.29 is 9.53 Å². The van der Waals surface area contributed by atoms with E-state index in [-0.39, 0.29) is 0 Å². The SMILES string of the molecule is O=C(NCCCN1CCOCC1)[C@@H]1C[C@@H]2CC[C@@H]1C2. The highest BCUT2D eigenvalue weighted by molar-refractivity contribution is 5.79. The van der Waals surface area contributed by atoms with E-state index < -0.39 is 0 Å². The maximum Gasteiger partial charge on any atom is 0.223 e. The minimum atomic E-state index is 0.328. The molecule has 3 atom stereocenters. The summed E-state index contributed by atoms with van der Waals surface area (Å²) in [7, 11) is 0. The molecule has 0 unspecified atom stereocenters. The Labute approximate surface area is 115 Å². The predicted octanol–water partition coefficient (Wildman–Crippen LogP) is 1.26. The summed E-state index contributed by atoms with van der Waals surface area (Å²) in [5.74, 6) is 2.22. The van der Waals surface area contributed by atoms with Crippen molar-refractivity contribution in [2.45, 2.75) is 32.1 Å². The van der Waals surface area contributed by atoms with Crippen LogP contribution in [0.3, 0.4) is 0 Å². The summed E-state index contributed by atoms with van der Waals surface area (Å²) in [5, 5.41) is 3.15. The number of hydrogen-bond acceptors (Lipinski definition) is 3. The van der Waals surface area contributed by atoms with Crippen LogP contribution >= 0.6 is 0 Å². The zero-order valence-electron chi connectivity index (χ0n) is 11.8. The van der Waals surface area contributed by atoms with Crippen molar-refractivity contribution in [2.24, 2.45) is 17.8 Å². The molecule has 4 heteroatoms. The number of carbonyl (C=O) groups excluding carboxylic acids is 1. The molecule has 3 rings (SSSR count). The average molecular weight is 266 g/mol. The molecule has 3 fully saturated rings. The quantitative estimate of drug-likeness (QED) is 0.762. The highest BCUT2D eigenvalue weighted by atomic mass is 16.5. The summed E-state index contributed by atoms with van der Waals surface area (Å²) in [6, 6.07) is 0. The Morgan fingerprint density at radius 3 is 2.74 bits per heavy atom. The molecule has 0 aromatic rings. The fourth-order valence-corrected chi connectivity index (χ4v) is 4.04. The molecule has 108 valence electrons. The number of ether oxygens (including phenoxy) is 1. The van der Waals surface area contributed by atoms with Crippen LogP contribution in [0.25, 0.3) is 0 Å². The van der Waals surface area contributed by atoms with Crippen molar-refractivity contribution in [3.05, 3.63) is 0 Å². The van der Waals surface area contributed by atoms with E-state index in [1.165, 1.54) is 19.3 Å². The van der Waals surface area contributed by atoms with E-state index in [1.54, 1.807) is 0 Å². The van der Waals surface area contributed by atoms with Gasteiger partial charge in [-0.25, -0.2) is 0 Å². The van der Waals surface area contributed by atoms with Crippen LogP contribution in [-0.2, 0) is 9.53 Å².